The summed E-state index contributed by atoms with van der Waals surface area (Å²) in [6.07, 6.45) is 8.64. The quantitative estimate of drug-likeness (QED) is 0.263. The lowest BCUT2D eigenvalue weighted by Gasteiger charge is -2.33. The Balaban J connectivity index is 1.42. The van der Waals surface area contributed by atoms with Gasteiger partial charge in [0.25, 0.3) is 0 Å². The van der Waals surface area contributed by atoms with E-state index in [1.807, 2.05) is 24.1 Å². The molecule has 0 aromatic carbocycles. The normalized spacial score (nSPS) is 16.3. The van der Waals surface area contributed by atoms with E-state index in [4.69, 9.17) is 19.2 Å². The summed E-state index contributed by atoms with van der Waals surface area (Å²) in [5.41, 5.74) is 1.95. The Morgan fingerprint density at radius 3 is 2.84 bits per heavy atom. The monoisotopic (exact) mass is 526 g/mol. The Morgan fingerprint density at radius 1 is 1.29 bits per heavy atom. The van der Waals surface area contributed by atoms with Crippen molar-refractivity contribution in [1.29, 1.82) is 0 Å². The van der Waals surface area contributed by atoms with Crippen LogP contribution in [0.4, 0.5) is 10.2 Å². The molecule has 0 saturated carbocycles. The van der Waals surface area contributed by atoms with Gasteiger partial charge in [-0.2, -0.15) is 0 Å². The van der Waals surface area contributed by atoms with E-state index >= 15 is 0 Å². The number of carbonyl (C=O) groups excluding carboxylic acids is 1. The van der Waals surface area contributed by atoms with Gasteiger partial charge in [0.05, 0.1) is 38.3 Å². The highest BCUT2D eigenvalue weighted by Gasteiger charge is 2.26. The number of nitrogens with zero attached hydrogens (tertiary/aromatic N) is 5. The second-order valence-electron chi connectivity index (χ2n) is 9.05. The highest BCUT2D eigenvalue weighted by Crippen LogP contribution is 2.33. The Labute approximate surface area is 221 Å². The summed E-state index contributed by atoms with van der Waals surface area (Å²) in [5, 5.41) is 0.890. The number of aliphatic imine (C=N–C) groups is 1. The van der Waals surface area contributed by atoms with Gasteiger partial charge in [-0.25, -0.2) is 19.4 Å². The Kier molecular flexibility index (Phi) is 9.74. The first-order valence-corrected chi connectivity index (χ1v) is 12.9. The van der Waals surface area contributed by atoms with Gasteiger partial charge < -0.3 is 28.7 Å². The molecule has 1 aliphatic rings. The lowest BCUT2D eigenvalue weighted by Crippen LogP contribution is -2.42. The highest BCUT2D eigenvalue weighted by atomic mass is 19.1. The summed E-state index contributed by atoms with van der Waals surface area (Å²) in [5.74, 6) is 0.518. The molecule has 1 N–H and O–H groups in total. The van der Waals surface area contributed by atoms with Crippen LogP contribution in [-0.2, 0) is 19.0 Å². The topological polar surface area (TPSA) is 107 Å². The van der Waals surface area contributed by atoms with Crippen molar-refractivity contribution in [2.45, 2.75) is 32.7 Å². The van der Waals surface area contributed by atoms with Crippen LogP contribution < -0.4 is 0 Å². The van der Waals surface area contributed by atoms with E-state index in [1.54, 1.807) is 12.4 Å². The molecule has 1 atom stereocenters. The molecule has 1 amide bonds. The molecule has 0 spiro atoms. The van der Waals surface area contributed by atoms with E-state index in [-0.39, 0.29) is 24.4 Å². The predicted octanol–water partition coefficient (Wildman–Crippen LogP) is 4.32. The van der Waals surface area contributed by atoms with E-state index in [1.165, 1.54) is 13.0 Å². The molecule has 0 unspecified atom stereocenters. The number of hydrogen-bond acceptors (Lipinski definition) is 7. The summed E-state index contributed by atoms with van der Waals surface area (Å²) in [7, 11) is 0. The van der Waals surface area contributed by atoms with Crippen molar-refractivity contribution in [3.63, 3.8) is 0 Å². The van der Waals surface area contributed by atoms with Crippen LogP contribution in [0.15, 0.2) is 35.5 Å². The first-order chi connectivity index (χ1) is 18.5. The fourth-order valence-electron chi connectivity index (χ4n) is 4.59. The molecule has 11 heteroatoms. The van der Waals surface area contributed by atoms with Crippen LogP contribution in [0.25, 0.3) is 28.5 Å². The Morgan fingerprint density at radius 2 is 2.08 bits per heavy atom. The first kappa shape index (κ1) is 27.6. The van der Waals surface area contributed by atoms with Gasteiger partial charge in [0.15, 0.2) is 5.82 Å². The minimum atomic E-state index is -0.356. The van der Waals surface area contributed by atoms with E-state index in [0.717, 1.165) is 23.9 Å². The van der Waals surface area contributed by atoms with Crippen LogP contribution in [0, 0.1) is 0 Å². The number of carbonyl (C=O) groups is 1. The molecule has 0 bridgehead atoms. The Hall–Kier alpha value is -3.41. The average Bonchev–Trinajstić information content (AvgIpc) is 3.53. The molecule has 10 nitrogen and oxygen atoms in total. The number of nitrogens with one attached hydrogen (secondary N) is 1. The number of amides is 1. The van der Waals surface area contributed by atoms with Crippen molar-refractivity contribution in [3.05, 3.63) is 36.0 Å². The summed E-state index contributed by atoms with van der Waals surface area (Å²) in [6.45, 7) is 10.7. The molecular formula is C27H35FN6O4. The zero-order valence-electron chi connectivity index (χ0n) is 22.0. The molecule has 1 saturated heterocycles. The maximum Gasteiger partial charge on any atom is 0.248 e. The van der Waals surface area contributed by atoms with Crippen molar-refractivity contribution in [2.24, 2.45) is 4.99 Å². The number of rotatable bonds is 13. The Bertz CT molecular complexity index is 1270. The zero-order chi connectivity index (χ0) is 26.9. The van der Waals surface area contributed by atoms with Gasteiger partial charge in [0.1, 0.15) is 18.1 Å². The second kappa shape index (κ2) is 13.4. The van der Waals surface area contributed by atoms with Crippen molar-refractivity contribution < 1.29 is 23.4 Å². The standard InChI is InChI=1S/C27H35FN6O4/c1-4-36-10-11-37-12-13-38-18-24(35)33-8-5-6-21(17-33)34-9-7-20-15-30-26(32-27(20)34)23-16-31-25(29-3)22(23)14-19(2)28/h7,9,14-16,21,31H,3-6,8,10-13,17-18H2,1-2H3/b19-14+/t21-/m0/s1. The third kappa shape index (κ3) is 6.72. The zero-order valence-corrected chi connectivity index (χ0v) is 22.0. The van der Waals surface area contributed by atoms with E-state index < -0.39 is 0 Å². The number of aromatic amines is 1. The van der Waals surface area contributed by atoms with Crippen molar-refractivity contribution in [2.75, 3.05) is 52.7 Å². The number of allylic oxidation sites excluding steroid dienone is 1. The average molecular weight is 527 g/mol. The number of aromatic nitrogens is 4. The number of H-pyrrole nitrogens is 1. The second-order valence-corrected chi connectivity index (χ2v) is 9.05. The summed E-state index contributed by atoms with van der Waals surface area (Å²) in [4.78, 5) is 30.9. The molecule has 4 rings (SSSR count). The largest absolute Gasteiger partial charge is 0.379 e. The molecule has 3 aromatic heterocycles. The maximum absolute atomic E-state index is 13.8. The van der Waals surface area contributed by atoms with Crippen LogP contribution >= 0.6 is 0 Å². The first-order valence-electron chi connectivity index (χ1n) is 12.9. The smallest absolute Gasteiger partial charge is 0.248 e. The number of hydrogen-bond donors (Lipinski definition) is 1. The fraction of sp³-hybridized carbons (Fsp3) is 0.481. The molecule has 1 aliphatic heterocycles. The van der Waals surface area contributed by atoms with Gasteiger partial charge in [-0.3, -0.25) is 4.79 Å². The SMILES string of the molecule is C=Nc1[nH]cc(-c2ncc3ccn([C@H]4CCCN(C(=O)COCCOCCOCC)C4)c3n2)c1/C=C(\C)F. The number of piperidine rings is 1. The van der Waals surface area contributed by atoms with Gasteiger partial charge in [-0.15, -0.1) is 0 Å². The molecule has 204 valence electrons. The maximum atomic E-state index is 13.8. The van der Waals surface area contributed by atoms with Crippen molar-refractivity contribution in [3.8, 4) is 11.4 Å². The fourth-order valence-corrected chi connectivity index (χ4v) is 4.59. The lowest BCUT2D eigenvalue weighted by atomic mass is 10.1. The van der Waals surface area contributed by atoms with Crippen molar-refractivity contribution >= 4 is 35.6 Å². The molecule has 4 heterocycles. The van der Waals surface area contributed by atoms with E-state index in [2.05, 4.69) is 26.2 Å². The molecule has 38 heavy (non-hydrogen) atoms. The third-order valence-electron chi connectivity index (χ3n) is 6.41. The number of halogens is 1. The van der Waals surface area contributed by atoms with Gasteiger partial charge in [0, 0.05) is 54.8 Å². The van der Waals surface area contributed by atoms with Gasteiger partial charge >= 0.3 is 0 Å². The van der Waals surface area contributed by atoms with Crippen molar-refractivity contribution in [1.82, 2.24) is 24.4 Å². The van der Waals surface area contributed by atoms with Crippen LogP contribution in [0.3, 0.4) is 0 Å². The summed E-state index contributed by atoms with van der Waals surface area (Å²) in [6, 6.07) is 2.04. The lowest BCUT2D eigenvalue weighted by molar-refractivity contribution is -0.138. The number of ether oxygens (including phenoxy) is 3. The molecule has 1 fully saturated rings. The minimum absolute atomic E-state index is 0.0255. The van der Waals surface area contributed by atoms with Gasteiger partial charge in [-0.1, -0.05) is 0 Å². The van der Waals surface area contributed by atoms with Crippen LogP contribution in [0.5, 0.6) is 0 Å². The van der Waals surface area contributed by atoms with Gasteiger partial charge in [-0.05, 0) is 45.5 Å². The summed E-state index contributed by atoms with van der Waals surface area (Å²) >= 11 is 0. The highest BCUT2D eigenvalue weighted by molar-refractivity contribution is 5.83. The number of fused-ring (bicyclic) bond motifs is 1. The molecular weight excluding hydrogens is 491 g/mol. The van der Waals surface area contributed by atoms with Crippen LogP contribution in [0.1, 0.15) is 38.3 Å². The summed E-state index contributed by atoms with van der Waals surface area (Å²) < 4.78 is 32.0. The third-order valence-corrected chi connectivity index (χ3v) is 6.41. The predicted molar refractivity (Wildman–Crippen MR) is 144 cm³/mol. The minimum Gasteiger partial charge on any atom is -0.379 e. The van der Waals surface area contributed by atoms with Gasteiger partial charge in [0.2, 0.25) is 5.91 Å². The molecule has 0 radical (unpaired) electrons. The van der Waals surface area contributed by atoms with Crippen LogP contribution in [-0.4, -0.2) is 89.8 Å². The van der Waals surface area contributed by atoms with Crippen LogP contribution in [0.2, 0.25) is 0 Å². The number of likely N-dealkylation sites (tertiary alicyclic amines) is 1. The molecule has 3 aromatic rings. The van der Waals surface area contributed by atoms with E-state index in [9.17, 15) is 9.18 Å². The van der Waals surface area contributed by atoms with E-state index in [0.29, 0.717) is 68.9 Å². The molecule has 0 aliphatic carbocycles.